The van der Waals surface area contributed by atoms with E-state index in [9.17, 15) is 20.4 Å². The fourth-order valence-electron chi connectivity index (χ4n) is 12.2. The van der Waals surface area contributed by atoms with Gasteiger partial charge in [-0.3, -0.25) is 0 Å². The standard InChI is InChI=1S/C29H50O2.2C20H40O.C9H12O2.CH4/c1-20(2)12-9-13-21(3)14-10-15-22(4)16-11-18-29(8)19-17-26-25(7)27(30)23(5)24(6)28(26)31-29;1-17(2)9-6-10-18(3)11-7-12-19(4)13-8-14-20(5)15-16-21;1-7-20(6,21)16-10-15-19(5)14-9-13-18(4)12-8-11-17(2)3;1-5-4-8(10)6(2)7(3)9(5)11;/h20-22,30H,9-19H2,1-8H3;15,17-19,21H,6-14,16H2,1-5H3;7,17-19,21H,1,8-16H2,2-6H3;4,10-11H,1-3H3;1H4/b;20-15+;;;. The maximum atomic E-state index is 10.4. The summed E-state index contributed by atoms with van der Waals surface area (Å²) in [5, 5.41) is 47.8. The summed E-state index contributed by atoms with van der Waals surface area (Å²) < 4.78 is 6.60. The molecule has 0 radical (unpaired) electrons. The molecule has 0 aromatic heterocycles. The van der Waals surface area contributed by atoms with E-state index < -0.39 is 5.60 Å². The lowest BCUT2D eigenvalue weighted by Crippen LogP contribution is -2.37. The summed E-state index contributed by atoms with van der Waals surface area (Å²) in [7, 11) is 0. The molecule has 0 bridgehead atoms. The third-order valence-electron chi connectivity index (χ3n) is 19.2. The van der Waals surface area contributed by atoms with Crippen molar-refractivity contribution in [3.63, 3.8) is 0 Å². The molecule has 0 spiro atoms. The van der Waals surface area contributed by atoms with Crippen LogP contribution in [0.2, 0.25) is 0 Å². The van der Waals surface area contributed by atoms with Gasteiger partial charge in [-0.15, -0.1) is 6.58 Å². The number of phenols is 3. The minimum Gasteiger partial charge on any atom is -0.508 e. The molecule has 0 saturated carbocycles. The van der Waals surface area contributed by atoms with Gasteiger partial charge < -0.3 is 30.3 Å². The minimum atomic E-state index is -0.676. The molecule has 0 saturated heterocycles. The lowest BCUT2D eigenvalue weighted by molar-refractivity contribution is 0.0511. The number of aromatic hydroxyl groups is 3. The first-order valence-electron chi connectivity index (χ1n) is 34.9. The number of ether oxygens (including phenoxy) is 1. The van der Waals surface area contributed by atoms with Crippen molar-refractivity contribution in [1.29, 1.82) is 0 Å². The van der Waals surface area contributed by atoms with Crippen LogP contribution in [0.4, 0.5) is 0 Å². The molecule has 2 aromatic carbocycles. The van der Waals surface area contributed by atoms with Gasteiger partial charge in [-0.2, -0.15) is 0 Å². The summed E-state index contributed by atoms with van der Waals surface area (Å²) in [5.41, 5.74) is 7.10. The second-order valence-electron chi connectivity index (χ2n) is 29.8. The maximum Gasteiger partial charge on any atom is 0.127 e. The molecule has 6 nitrogen and oxygen atoms in total. The number of fused-ring (bicyclic) bond motifs is 1. The highest BCUT2D eigenvalue weighted by molar-refractivity contribution is 5.58. The van der Waals surface area contributed by atoms with Gasteiger partial charge >= 0.3 is 0 Å². The molecule has 8 atom stereocenters. The van der Waals surface area contributed by atoms with E-state index in [-0.39, 0.29) is 31.1 Å². The third-order valence-corrected chi connectivity index (χ3v) is 19.2. The Morgan fingerprint density at radius 3 is 1.29 bits per heavy atom. The van der Waals surface area contributed by atoms with Gasteiger partial charge in [0.2, 0.25) is 0 Å². The van der Waals surface area contributed by atoms with Crippen LogP contribution < -0.4 is 4.74 Å². The number of aryl methyl sites for hydroxylation is 1. The summed E-state index contributed by atoms with van der Waals surface area (Å²) >= 11 is 0. The predicted molar refractivity (Wildman–Crippen MR) is 376 cm³/mol. The van der Waals surface area contributed by atoms with E-state index in [1.54, 1.807) is 32.9 Å². The fourth-order valence-corrected chi connectivity index (χ4v) is 12.2. The van der Waals surface area contributed by atoms with E-state index in [0.717, 1.165) is 125 Å². The minimum absolute atomic E-state index is 0. The number of rotatable bonds is 38. The Hall–Kier alpha value is -2.96. The summed E-state index contributed by atoms with van der Waals surface area (Å²) in [4.78, 5) is 0. The van der Waals surface area contributed by atoms with E-state index in [2.05, 4.69) is 110 Å². The highest BCUT2D eigenvalue weighted by Gasteiger charge is 2.34. The number of aliphatic hydroxyl groups excluding tert-OH is 1. The molecular formula is C79H146O6. The smallest absolute Gasteiger partial charge is 0.127 e. The second kappa shape index (κ2) is 46.2. The molecule has 1 heterocycles. The zero-order valence-electron chi connectivity index (χ0n) is 59.5. The Labute approximate surface area is 530 Å². The molecule has 6 heteroatoms. The number of allylic oxidation sites excluding steroid dienone is 1. The molecular weight excluding hydrogens is 1040 g/mol. The van der Waals surface area contributed by atoms with Crippen LogP contribution in [0.25, 0.3) is 0 Å². The zero-order chi connectivity index (χ0) is 64.2. The van der Waals surface area contributed by atoms with Gasteiger partial charge in [0.25, 0.3) is 0 Å². The normalized spacial score (nSPS) is 16.9. The SMILES string of the molecule is C.C/C(=C\CO)CCCC(C)CCCC(C)CCCC(C)C.C=CC(C)(O)CCCC(C)CCCC(C)CCCC(C)C.Cc1c(C)c2c(c(C)c1O)CCC(C)(CCCC(C)CCCC(C)CCCC(C)C)O2.Cc1cc(O)c(C)c(C)c1O. The van der Waals surface area contributed by atoms with E-state index in [1.165, 1.54) is 159 Å². The second-order valence-corrected chi connectivity index (χ2v) is 29.8. The first-order valence-corrected chi connectivity index (χ1v) is 34.9. The predicted octanol–water partition coefficient (Wildman–Crippen LogP) is 24.2. The van der Waals surface area contributed by atoms with Crippen molar-refractivity contribution in [3.05, 3.63) is 69.3 Å². The van der Waals surface area contributed by atoms with Gasteiger partial charge in [0.05, 0.1) is 12.2 Å². The van der Waals surface area contributed by atoms with Crippen molar-refractivity contribution < 1.29 is 30.3 Å². The maximum absolute atomic E-state index is 10.4. The van der Waals surface area contributed by atoms with E-state index in [4.69, 9.17) is 9.84 Å². The Kier molecular flexibility index (Phi) is 45.7. The highest BCUT2D eigenvalue weighted by Crippen LogP contribution is 2.45. The fraction of sp³-hybridized carbons (Fsp3) is 0.797. The largest absolute Gasteiger partial charge is 0.508 e. The lowest BCUT2D eigenvalue weighted by Gasteiger charge is -2.38. The molecule has 0 amide bonds. The molecule has 498 valence electrons. The van der Waals surface area contributed by atoms with E-state index >= 15 is 0 Å². The lowest BCUT2D eigenvalue weighted by atomic mass is 9.84. The molecule has 1 aliphatic rings. The molecule has 85 heavy (non-hydrogen) atoms. The van der Waals surface area contributed by atoms with Crippen LogP contribution in [0.5, 0.6) is 23.0 Å². The number of aliphatic hydroxyl groups is 2. The third kappa shape index (κ3) is 38.9. The van der Waals surface area contributed by atoms with Crippen molar-refractivity contribution in [2.45, 2.75) is 350 Å². The molecule has 0 fully saturated rings. The van der Waals surface area contributed by atoms with Crippen LogP contribution >= 0.6 is 0 Å². The van der Waals surface area contributed by atoms with Crippen LogP contribution in [0, 0.1) is 94.8 Å². The Bertz CT molecular complexity index is 2030. The molecule has 8 unspecified atom stereocenters. The average molecular weight is 1190 g/mol. The summed E-state index contributed by atoms with van der Waals surface area (Å²) in [5.74, 6) is 9.71. The molecule has 0 aliphatic carbocycles. The molecule has 1 aliphatic heterocycles. The highest BCUT2D eigenvalue weighted by atomic mass is 16.5. The number of benzene rings is 2. The van der Waals surface area contributed by atoms with Crippen molar-refractivity contribution in [1.82, 2.24) is 0 Å². The summed E-state index contributed by atoms with van der Waals surface area (Å²) in [6.07, 6.45) is 41.2. The quantitative estimate of drug-likeness (QED) is 0.0338. The van der Waals surface area contributed by atoms with Gasteiger partial charge in [0.15, 0.2) is 0 Å². The van der Waals surface area contributed by atoms with Gasteiger partial charge in [-0.1, -0.05) is 249 Å². The molecule has 5 N–H and O–H groups in total. The number of hydrogen-bond acceptors (Lipinski definition) is 6. The van der Waals surface area contributed by atoms with Crippen LogP contribution in [-0.4, -0.2) is 43.3 Å². The van der Waals surface area contributed by atoms with Crippen molar-refractivity contribution in [3.8, 4) is 23.0 Å². The van der Waals surface area contributed by atoms with E-state index in [0.29, 0.717) is 11.3 Å². The van der Waals surface area contributed by atoms with Gasteiger partial charge in [0.1, 0.15) is 28.6 Å². The van der Waals surface area contributed by atoms with Crippen molar-refractivity contribution in [2.24, 2.45) is 53.3 Å². The molecule has 3 rings (SSSR count). The van der Waals surface area contributed by atoms with Crippen LogP contribution in [0.15, 0.2) is 30.4 Å². The number of hydrogen-bond donors (Lipinski definition) is 5. The Morgan fingerprint density at radius 2 is 0.906 bits per heavy atom. The monoisotopic (exact) mass is 1190 g/mol. The Morgan fingerprint density at radius 1 is 0.541 bits per heavy atom. The van der Waals surface area contributed by atoms with Crippen LogP contribution in [0.3, 0.4) is 0 Å². The summed E-state index contributed by atoms with van der Waals surface area (Å²) in [6.45, 7) is 50.0. The first-order chi connectivity index (χ1) is 39.3. The first kappa shape index (κ1) is 84.1. The Balaban J connectivity index is 0. The topological polar surface area (TPSA) is 110 Å². The van der Waals surface area contributed by atoms with Crippen molar-refractivity contribution >= 4 is 0 Å². The zero-order valence-corrected chi connectivity index (χ0v) is 59.5. The molecule has 2 aromatic rings. The van der Waals surface area contributed by atoms with Gasteiger partial charge in [-0.05, 0) is 200 Å². The number of phenolic OH excluding ortho intramolecular Hbond substituents is 3. The van der Waals surface area contributed by atoms with Gasteiger partial charge in [0, 0.05) is 5.56 Å². The van der Waals surface area contributed by atoms with Crippen LogP contribution in [-0.2, 0) is 6.42 Å². The van der Waals surface area contributed by atoms with Crippen LogP contribution in [0.1, 0.15) is 330 Å². The van der Waals surface area contributed by atoms with Crippen molar-refractivity contribution in [2.75, 3.05) is 6.61 Å². The van der Waals surface area contributed by atoms with E-state index in [1.807, 2.05) is 26.8 Å². The average Bonchev–Trinajstić information content (AvgIpc) is 3.62. The van der Waals surface area contributed by atoms with Gasteiger partial charge in [-0.25, -0.2) is 0 Å². The summed E-state index contributed by atoms with van der Waals surface area (Å²) in [6, 6.07) is 1.57.